The Bertz CT molecular complexity index is 912. The van der Waals surface area contributed by atoms with Crippen LogP contribution in [-0.2, 0) is 9.59 Å². The van der Waals surface area contributed by atoms with E-state index in [4.69, 9.17) is 9.47 Å². The lowest BCUT2D eigenvalue weighted by atomic mass is 10.1. The number of rotatable bonds is 6. The van der Waals surface area contributed by atoms with Crippen LogP contribution in [-0.4, -0.2) is 37.5 Å². The predicted octanol–water partition coefficient (Wildman–Crippen LogP) is 2.60. The molecule has 1 heterocycles. The van der Waals surface area contributed by atoms with Gasteiger partial charge in [-0.05, 0) is 30.3 Å². The fourth-order valence-electron chi connectivity index (χ4n) is 3.04. The number of amides is 2. The van der Waals surface area contributed by atoms with Gasteiger partial charge in [0.1, 0.15) is 11.5 Å². The molecule has 0 spiro atoms. The molecule has 1 aliphatic heterocycles. The molecule has 146 valence electrons. The van der Waals surface area contributed by atoms with Crippen molar-refractivity contribution in [3.8, 4) is 11.5 Å². The molecule has 9 nitrogen and oxygen atoms in total. The maximum atomic E-state index is 12.5. The van der Waals surface area contributed by atoms with Crippen LogP contribution >= 0.6 is 0 Å². The molecule has 1 aliphatic rings. The van der Waals surface area contributed by atoms with Crippen molar-refractivity contribution >= 4 is 28.9 Å². The Morgan fingerprint density at radius 3 is 2.50 bits per heavy atom. The Morgan fingerprint density at radius 1 is 1.18 bits per heavy atom. The largest absolute Gasteiger partial charge is 0.497 e. The van der Waals surface area contributed by atoms with Gasteiger partial charge in [0.25, 0.3) is 5.69 Å². The van der Waals surface area contributed by atoms with Gasteiger partial charge in [0.05, 0.1) is 36.8 Å². The number of nitro groups is 1. The van der Waals surface area contributed by atoms with Gasteiger partial charge in [-0.2, -0.15) is 0 Å². The Hall–Kier alpha value is -3.62. The summed E-state index contributed by atoms with van der Waals surface area (Å²) in [6.07, 6.45) is 0.0438. The van der Waals surface area contributed by atoms with Crippen molar-refractivity contribution in [2.24, 2.45) is 5.92 Å². The lowest BCUT2D eigenvalue weighted by Crippen LogP contribution is -2.28. The zero-order valence-electron chi connectivity index (χ0n) is 15.4. The lowest BCUT2D eigenvalue weighted by Gasteiger charge is -2.19. The average Bonchev–Trinajstić information content (AvgIpc) is 3.09. The number of nitrogens with one attached hydrogen (secondary N) is 1. The van der Waals surface area contributed by atoms with Gasteiger partial charge in [0.15, 0.2) is 0 Å². The number of methoxy groups -OCH3 is 2. The molecule has 9 heteroatoms. The van der Waals surface area contributed by atoms with Crippen LogP contribution in [0.5, 0.6) is 11.5 Å². The Balaban J connectivity index is 1.74. The summed E-state index contributed by atoms with van der Waals surface area (Å²) in [6.45, 7) is 0.162. The van der Waals surface area contributed by atoms with Crippen molar-refractivity contribution in [1.82, 2.24) is 0 Å². The monoisotopic (exact) mass is 385 g/mol. The maximum Gasteiger partial charge on any atom is 0.273 e. The second-order valence-electron chi connectivity index (χ2n) is 6.24. The summed E-state index contributed by atoms with van der Waals surface area (Å²) >= 11 is 0. The first-order valence-electron chi connectivity index (χ1n) is 8.50. The highest BCUT2D eigenvalue weighted by Crippen LogP contribution is 2.36. The highest BCUT2D eigenvalue weighted by molar-refractivity contribution is 6.04. The quantitative estimate of drug-likeness (QED) is 0.604. The molecule has 0 aromatic heterocycles. The molecule has 0 saturated carbocycles. The highest BCUT2D eigenvalue weighted by Gasteiger charge is 2.36. The lowest BCUT2D eigenvalue weighted by molar-refractivity contribution is -0.384. The molecule has 1 saturated heterocycles. The van der Waals surface area contributed by atoms with Gasteiger partial charge >= 0.3 is 0 Å². The molecule has 2 aromatic rings. The zero-order chi connectivity index (χ0) is 20.3. The van der Waals surface area contributed by atoms with Crippen LogP contribution in [0, 0.1) is 16.0 Å². The van der Waals surface area contributed by atoms with E-state index in [0.717, 1.165) is 0 Å². The summed E-state index contributed by atoms with van der Waals surface area (Å²) < 4.78 is 10.3. The summed E-state index contributed by atoms with van der Waals surface area (Å²) in [5.41, 5.74) is 0.864. The number of hydrogen-bond donors (Lipinski definition) is 1. The third-order valence-corrected chi connectivity index (χ3v) is 4.52. The number of ether oxygens (including phenoxy) is 2. The first-order chi connectivity index (χ1) is 13.4. The topological polar surface area (TPSA) is 111 Å². The van der Waals surface area contributed by atoms with Gasteiger partial charge in [-0.25, -0.2) is 0 Å². The first-order valence-corrected chi connectivity index (χ1v) is 8.50. The standard InChI is InChI=1S/C19H19N3O6/c1-27-15-6-3-13(4-7-15)20-19(24)12-9-18(23)21(11-12)16-8-5-14(22(25)26)10-17(16)28-2/h3-8,10,12H,9,11H2,1-2H3,(H,20,24)/t12-/m0/s1. The summed E-state index contributed by atoms with van der Waals surface area (Å²) in [4.78, 5) is 36.8. The third-order valence-electron chi connectivity index (χ3n) is 4.52. The average molecular weight is 385 g/mol. The van der Waals surface area contributed by atoms with E-state index >= 15 is 0 Å². The predicted molar refractivity (Wildman–Crippen MR) is 102 cm³/mol. The van der Waals surface area contributed by atoms with E-state index in [1.54, 1.807) is 31.4 Å². The summed E-state index contributed by atoms with van der Waals surface area (Å²) in [6, 6.07) is 10.9. The molecule has 0 bridgehead atoms. The van der Waals surface area contributed by atoms with Crippen molar-refractivity contribution in [2.75, 3.05) is 31.0 Å². The smallest absolute Gasteiger partial charge is 0.273 e. The molecule has 0 radical (unpaired) electrons. The van der Waals surface area contributed by atoms with Gasteiger partial charge < -0.3 is 19.7 Å². The summed E-state index contributed by atoms with van der Waals surface area (Å²) in [7, 11) is 2.93. The number of non-ortho nitro benzene ring substituents is 1. The third kappa shape index (κ3) is 3.88. The van der Waals surface area contributed by atoms with E-state index < -0.39 is 10.8 Å². The second-order valence-corrected chi connectivity index (χ2v) is 6.24. The number of nitrogens with zero attached hydrogens (tertiary/aromatic N) is 2. The van der Waals surface area contributed by atoms with Gasteiger partial charge in [0.2, 0.25) is 11.8 Å². The van der Waals surface area contributed by atoms with Gasteiger partial charge in [-0.15, -0.1) is 0 Å². The van der Waals surface area contributed by atoms with Crippen LogP contribution in [0.25, 0.3) is 0 Å². The van der Waals surface area contributed by atoms with Crippen molar-refractivity contribution in [1.29, 1.82) is 0 Å². The minimum absolute atomic E-state index is 0.0438. The summed E-state index contributed by atoms with van der Waals surface area (Å²) in [5, 5.41) is 13.7. The Morgan fingerprint density at radius 2 is 1.89 bits per heavy atom. The van der Waals surface area contributed by atoms with Crippen LogP contribution in [0.1, 0.15) is 6.42 Å². The summed E-state index contributed by atoms with van der Waals surface area (Å²) in [5.74, 6) is -0.192. The van der Waals surface area contributed by atoms with Crippen LogP contribution in [0.15, 0.2) is 42.5 Å². The van der Waals surface area contributed by atoms with E-state index in [2.05, 4.69) is 5.32 Å². The second kappa shape index (κ2) is 7.95. The van der Waals surface area contributed by atoms with E-state index in [9.17, 15) is 19.7 Å². The number of carbonyl (C=O) groups excluding carboxylic acids is 2. The van der Waals surface area contributed by atoms with E-state index in [1.165, 1.54) is 30.2 Å². The van der Waals surface area contributed by atoms with Gasteiger partial charge in [0, 0.05) is 24.7 Å². The number of anilines is 2. The molecular weight excluding hydrogens is 366 g/mol. The minimum atomic E-state index is -0.547. The van der Waals surface area contributed by atoms with Crippen molar-refractivity contribution in [2.45, 2.75) is 6.42 Å². The fraction of sp³-hybridized carbons (Fsp3) is 0.263. The van der Waals surface area contributed by atoms with Crippen LogP contribution < -0.4 is 19.7 Å². The van der Waals surface area contributed by atoms with Crippen molar-refractivity contribution < 1.29 is 24.0 Å². The number of hydrogen-bond acceptors (Lipinski definition) is 6. The molecule has 2 aromatic carbocycles. The molecule has 0 aliphatic carbocycles. The van der Waals surface area contributed by atoms with Crippen molar-refractivity contribution in [3.05, 3.63) is 52.6 Å². The van der Waals surface area contributed by atoms with Crippen LogP contribution in [0.4, 0.5) is 17.1 Å². The molecule has 28 heavy (non-hydrogen) atoms. The van der Waals surface area contributed by atoms with Crippen LogP contribution in [0.2, 0.25) is 0 Å². The molecular formula is C19H19N3O6. The highest BCUT2D eigenvalue weighted by atomic mass is 16.6. The molecule has 0 unspecified atom stereocenters. The fourth-order valence-corrected chi connectivity index (χ4v) is 3.04. The van der Waals surface area contributed by atoms with Crippen LogP contribution in [0.3, 0.4) is 0 Å². The Kier molecular flexibility index (Phi) is 5.44. The molecule has 1 atom stereocenters. The first kappa shape index (κ1) is 19.2. The van der Waals surface area contributed by atoms with Gasteiger partial charge in [-0.1, -0.05) is 0 Å². The number of benzene rings is 2. The SMILES string of the molecule is COc1ccc(NC(=O)[C@H]2CC(=O)N(c3ccc([N+](=O)[O-])cc3OC)C2)cc1. The zero-order valence-corrected chi connectivity index (χ0v) is 15.4. The molecule has 1 fully saturated rings. The van der Waals surface area contributed by atoms with E-state index in [0.29, 0.717) is 17.1 Å². The maximum absolute atomic E-state index is 12.5. The van der Waals surface area contributed by atoms with E-state index in [-0.39, 0.29) is 36.2 Å². The Labute approximate surface area is 161 Å². The molecule has 2 amide bonds. The normalized spacial score (nSPS) is 16.0. The molecule has 3 rings (SSSR count). The number of carbonyl (C=O) groups is 2. The number of nitro benzene ring substituents is 1. The van der Waals surface area contributed by atoms with Crippen molar-refractivity contribution in [3.63, 3.8) is 0 Å². The van der Waals surface area contributed by atoms with Gasteiger partial charge in [-0.3, -0.25) is 19.7 Å². The van der Waals surface area contributed by atoms with E-state index in [1.807, 2.05) is 0 Å². The molecule has 1 N–H and O–H groups in total. The minimum Gasteiger partial charge on any atom is -0.497 e.